The molecule has 0 fully saturated rings. The Balaban J connectivity index is 2.85. The Morgan fingerprint density at radius 2 is 1.94 bits per heavy atom. The molecule has 1 aromatic carbocycles. The Bertz CT molecular complexity index is 364. The highest BCUT2D eigenvalue weighted by molar-refractivity contribution is 5.29. The van der Waals surface area contributed by atoms with Crippen LogP contribution in [0.5, 0.6) is 5.75 Å². The maximum atomic E-state index is 12.9. The number of benzene rings is 1. The summed E-state index contributed by atoms with van der Waals surface area (Å²) in [6, 6.07) is 3.32. The van der Waals surface area contributed by atoms with Crippen molar-refractivity contribution in [2.75, 3.05) is 0 Å². The van der Waals surface area contributed by atoms with Gasteiger partial charge >= 0.3 is 6.18 Å². The van der Waals surface area contributed by atoms with E-state index in [0.29, 0.717) is 5.56 Å². The van der Waals surface area contributed by atoms with Crippen molar-refractivity contribution in [3.63, 3.8) is 0 Å². The molecule has 0 spiro atoms. The summed E-state index contributed by atoms with van der Waals surface area (Å²) in [4.78, 5) is 0. The Kier molecular flexibility index (Phi) is 3.74. The fourth-order valence-electron chi connectivity index (χ4n) is 1.08. The molecule has 0 heterocycles. The quantitative estimate of drug-likeness (QED) is 0.820. The normalized spacial score (nSPS) is 13.6. The second-order valence-corrected chi connectivity index (χ2v) is 3.30. The minimum absolute atomic E-state index is 0.0362. The highest BCUT2D eigenvalue weighted by atomic mass is 19.4. The van der Waals surface area contributed by atoms with Gasteiger partial charge in [0.15, 0.2) is 6.10 Å². The molecule has 2 nitrogen and oxygen atoms in total. The van der Waals surface area contributed by atoms with Gasteiger partial charge in [-0.05, 0) is 24.6 Å². The number of hydrogen-bond acceptors (Lipinski definition) is 2. The van der Waals surface area contributed by atoms with E-state index in [-0.39, 0.29) is 12.3 Å². The molecular formula is C10H11F4NO. The van der Waals surface area contributed by atoms with Gasteiger partial charge in [-0.3, -0.25) is 0 Å². The molecule has 90 valence electrons. The minimum Gasteiger partial charge on any atom is -0.481 e. The van der Waals surface area contributed by atoms with E-state index in [9.17, 15) is 17.6 Å². The van der Waals surface area contributed by atoms with Crippen LogP contribution in [-0.4, -0.2) is 12.3 Å². The van der Waals surface area contributed by atoms with E-state index >= 15 is 0 Å². The molecule has 0 unspecified atom stereocenters. The predicted molar refractivity (Wildman–Crippen MR) is 50.4 cm³/mol. The molecule has 6 heteroatoms. The summed E-state index contributed by atoms with van der Waals surface area (Å²) < 4.78 is 54.0. The van der Waals surface area contributed by atoms with Crippen molar-refractivity contribution in [1.29, 1.82) is 0 Å². The van der Waals surface area contributed by atoms with E-state index in [2.05, 4.69) is 4.74 Å². The van der Waals surface area contributed by atoms with Crippen LogP contribution in [0.2, 0.25) is 0 Å². The molecule has 0 aliphatic heterocycles. The third-order valence-corrected chi connectivity index (χ3v) is 1.94. The average molecular weight is 237 g/mol. The molecule has 0 saturated carbocycles. The highest BCUT2D eigenvalue weighted by Crippen LogP contribution is 2.25. The van der Waals surface area contributed by atoms with Crippen molar-refractivity contribution in [1.82, 2.24) is 0 Å². The molecule has 0 bridgehead atoms. The molecule has 1 atom stereocenters. The highest BCUT2D eigenvalue weighted by Gasteiger charge is 2.38. The lowest BCUT2D eigenvalue weighted by molar-refractivity contribution is -0.189. The lowest BCUT2D eigenvalue weighted by atomic mass is 10.2. The van der Waals surface area contributed by atoms with E-state index in [0.717, 1.165) is 19.1 Å². The molecule has 1 aromatic rings. The first kappa shape index (κ1) is 12.8. The first-order valence-electron chi connectivity index (χ1n) is 4.56. The van der Waals surface area contributed by atoms with Gasteiger partial charge in [-0.15, -0.1) is 0 Å². The zero-order valence-electron chi connectivity index (χ0n) is 8.51. The van der Waals surface area contributed by atoms with Crippen LogP contribution < -0.4 is 10.5 Å². The molecule has 1 rings (SSSR count). The number of nitrogens with two attached hydrogens (primary N) is 1. The number of ether oxygens (including phenoxy) is 1. The monoisotopic (exact) mass is 237 g/mol. The Labute approximate surface area is 90.0 Å². The fourth-order valence-corrected chi connectivity index (χ4v) is 1.08. The SMILES string of the molecule is C[C@@H](Oc1cc(F)cc(CN)c1)C(F)(F)F. The zero-order chi connectivity index (χ0) is 12.3. The fraction of sp³-hybridized carbons (Fsp3) is 0.400. The average Bonchev–Trinajstić information content (AvgIpc) is 2.15. The maximum absolute atomic E-state index is 12.9. The zero-order valence-corrected chi connectivity index (χ0v) is 8.51. The van der Waals surface area contributed by atoms with E-state index in [1.165, 1.54) is 6.07 Å². The first-order valence-corrected chi connectivity index (χ1v) is 4.56. The standard InChI is InChI=1S/C10H11F4NO/c1-6(10(12,13)14)16-9-3-7(5-15)2-8(11)4-9/h2-4,6H,5,15H2,1H3/t6-/m1/s1. The predicted octanol–water partition coefficient (Wildman–Crippen LogP) is 2.61. The van der Waals surface area contributed by atoms with E-state index < -0.39 is 18.1 Å². The third-order valence-electron chi connectivity index (χ3n) is 1.94. The van der Waals surface area contributed by atoms with Crippen LogP contribution in [0.1, 0.15) is 12.5 Å². The van der Waals surface area contributed by atoms with Crippen LogP contribution in [0.25, 0.3) is 0 Å². The summed E-state index contributed by atoms with van der Waals surface area (Å²) in [6.07, 6.45) is -6.46. The Morgan fingerprint density at radius 1 is 1.31 bits per heavy atom. The van der Waals surface area contributed by atoms with Crippen LogP contribution in [0, 0.1) is 5.82 Å². The number of alkyl halides is 3. The Hall–Kier alpha value is -1.30. The van der Waals surface area contributed by atoms with E-state index in [1.54, 1.807) is 0 Å². The second-order valence-electron chi connectivity index (χ2n) is 3.30. The summed E-state index contributed by atoms with van der Waals surface area (Å²) in [5.74, 6) is -0.849. The van der Waals surface area contributed by atoms with Crippen LogP contribution in [0.15, 0.2) is 18.2 Å². The smallest absolute Gasteiger partial charge is 0.425 e. The van der Waals surface area contributed by atoms with Gasteiger partial charge in [-0.2, -0.15) is 13.2 Å². The van der Waals surface area contributed by atoms with E-state index in [4.69, 9.17) is 5.73 Å². The van der Waals surface area contributed by atoms with Crippen molar-refractivity contribution in [3.8, 4) is 5.75 Å². The van der Waals surface area contributed by atoms with Crippen LogP contribution in [0.3, 0.4) is 0 Å². The van der Waals surface area contributed by atoms with Gasteiger partial charge in [0.25, 0.3) is 0 Å². The van der Waals surface area contributed by atoms with Gasteiger partial charge < -0.3 is 10.5 Å². The van der Waals surface area contributed by atoms with Crippen molar-refractivity contribution in [2.45, 2.75) is 25.7 Å². The molecule has 0 aliphatic carbocycles. The lowest BCUT2D eigenvalue weighted by Gasteiger charge is -2.18. The van der Waals surface area contributed by atoms with Gasteiger partial charge in [-0.1, -0.05) is 0 Å². The van der Waals surface area contributed by atoms with Gasteiger partial charge in [0.05, 0.1) is 0 Å². The molecule has 16 heavy (non-hydrogen) atoms. The second kappa shape index (κ2) is 4.69. The summed E-state index contributed by atoms with van der Waals surface area (Å²) in [5, 5.41) is 0. The minimum atomic E-state index is -4.48. The molecule has 0 aromatic heterocycles. The molecule has 2 N–H and O–H groups in total. The van der Waals surface area contributed by atoms with Gasteiger partial charge in [0.1, 0.15) is 11.6 Å². The number of hydrogen-bond donors (Lipinski definition) is 1. The van der Waals surface area contributed by atoms with Gasteiger partial charge in [-0.25, -0.2) is 4.39 Å². The van der Waals surface area contributed by atoms with Crippen molar-refractivity contribution in [3.05, 3.63) is 29.6 Å². The number of rotatable bonds is 3. The summed E-state index contributed by atoms with van der Waals surface area (Å²) in [5.41, 5.74) is 5.64. The molecule has 0 aliphatic rings. The van der Waals surface area contributed by atoms with Crippen LogP contribution >= 0.6 is 0 Å². The largest absolute Gasteiger partial charge is 0.481 e. The summed E-state index contributed by atoms with van der Waals surface area (Å²) in [7, 11) is 0. The Morgan fingerprint density at radius 3 is 2.44 bits per heavy atom. The third kappa shape index (κ3) is 3.37. The van der Waals surface area contributed by atoms with Crippen molar-refractivity contribution < 1.29 is 22.3 Å². The topological polar surface area (TPSA) is 35.2 Å². The maximum Gasteiger partial charge on any atom is 0.425 e. The van der Waals surface area contributed by atoms with Crippen LogP contribution in [-0.2, 0) is 6.54 Å². The van der Waals surface area contributed by atoms with Crippen molar-refractivity contribution in [2.24, 2.45) is 5.73 Å². The van der Waals surface area contributed by atoms with Crippen LogP contribution in [0.4, 0.5) is 17.6 Å². The molecular weight excluding hydrogens is 226 g/mol. The molecule has 0 amide bonds. The molecule has 0 radical (unpaired) electrons. The van der Waals surface area contributed by atoms with Crippen molar-refractivity contribution >= 4 is 0 Å². The number of halogens is 4. The van der Waals surface area contributed by atoms with Gasteiger partial charge in [0.2, 0.25) is 0 Å². The summed E-state index contributed by atoms with van der Waals surface area (Å²) in [6.45, 7) is 0.890. The lowest BCUT2D eigenvalue weighted by Crippen LogP contribution is -2.31. The first-order chi connectivity index (χ1) is 7.32. The molecule has 0 saturated heterocycles. The summed E-state index contributed by atoms with van der Waals surface area (Å²) >= 11 is 0. The van der Waals surface area contributed by atoms with Gasteiger partial charge in [0, 0.05) is 12.6 Å². The van der Waals surface area contributed by atoms with E-state index in [1.807, 2.05) is 0 Å².